The molecule has 162 valence electrons. The number of hydrogen-bond donors (Lipinski definition) is 2. The van der Waals surface area contributed by atoms with Crippen LogP contribution in [0.5, 0.6) is 11.5 Å². The van der Waals surface area contributed by atoms with Crippen molar-refractivity contribution in [2.75, 3.05) is 46.7 Å². The largest absolute Gasteiger partial charge is 0.493 e. The van der Waals surface area contributed by atoms with Gasteiger partial charge in [-0.25, -0.2) is 0 Å². The first-order chi connectivity index (χ1) is 14.2. The third kappa shape index (κ3) is 6.49. The van der Waals surface area contributed by atoms with Gasteiger partial charge >= 0.3 is 0 Å². The zero-order valence-corrected chi connectivity index (χ0v) is 18.7. The van der Waals surface area contributed by atoms with Crippen LogP contribution in [0.3, 0.4) is 0 Å². The summed E-state index contributed by atoms with van der Waals surface area (Å²) in [6.45, 7) is 4.86. The second-order valence-corrected chi connectivity index (χ2v) is 7.61. The van der Waals surface area contributed by atoms with E-state index in [4.69, 9.17) is 9.47 Å². The number of carbonyl (C=O) groups excluding carboxylic acids is 2. The fourth-order valence-electron chi connectivity index (χ4n) is 3.11. The number of benzene rings is 2. The Morgan fingerprint density at radius 3 is 2.20 bits per heavy atom. The Morgan fingerprint density at radius 1 is 1.00 bits per heavy atom. The number of quaternary nitrogens is 1. The number of carbonyl (C=O) groups is 2. The topological polar surface area (TPSA) is 72.3 Å². The van der Waals surface area contributed by atoms with Gasteiger partial charge in [-0.2, -0.15) is 0 Å². The van der Waals surface area contributed by atoms with E-state index in [2.05, 4.69) is 5.32 Å². The summed E-state index contributed by atoms with van der Waals surface area (Å²) >= 11 is 0. The van der Waals surface area contributed by atoms with Crippen molar-refractivity contribution >= 4 is 17.5 Å². The van der Waals surface area contributed by atoms with Crippen LogP contribution in [-0.2, 0) is 16.1 Å². The molecule has 0 aliphatic rings. The molecule has 0 bridgehead atoms. The van der Waals surface area contributed by atoms with Crippen LogP contribution in [0.2, 0.25) is 0 Å². The zero-order valence-electron chi connectivity index (χ0n) is 18.7. The molecule has 0 aliphatic carbocycles. The molecule has 7 nitrogen and oxygen atoms in total. The van der Waals surface area contributed by atoms with E-state index in [1.807, 2.05) is 57.3 Å². The fourth-order valence-corrected chi connectivity index (χ4v) is 3.11. The lowest BCUT2D eigenvalue weighted by Crippen LogP contribution is -3.11. The van der Waals surface area contributed by atoms with Crippen molar-refractivity contribution in [1.82, 2.24) is 4.90 Å². The maximum Gasteiger partial charge on any atom is 0.279 e. The van der Waals surface area contributed by atoms with Gasteiger partial charge in [-0.05, 0) is 49.2 Å². The Labute approximate surface area is 178 Å². The van der Waals surface area contributed by atoms with Gasteiger partial charge in [0.1, 0.15) is 0 Å². The van der Waals surface area contributed by atoms with Crippen molar-refractivity contribution in [3.8, 4) is 11.5 Å². The summed E-state index contributed by atoms with van der Waals surface area (Å²) in [6, 6.07) is 11.4. The van der Waals surface area contributed by atoms with E-state index in [9.17, 15) is 9.59 Å². The number of nitrogens with one attached hydrogen (secondary N) is 2. The van der Waals surface area contributed by atoms with Crippen molar-refractivity contribution in [1.29, 1.82) is 0 Å². The lowest BCUT2D eigenvalue weighted by atomic mass is 10.1. The van der Waals surface area contributed by atoms with Gasteiger partial charge in [0.2, 0.25) is 0 Å². The molecule has 2 aromatic carbocycles. The van der Waals surface area contributed by atoms with Crippen molar-refractivity contribution in [3.63, 3.8) is 0 Å². The first-order valence-corrected chi connectivity index (χ1v) is 9.86. The van der Waals surface area contributed by atoms with Crippen LogP contribution in [0.25, 0.3) is 0 Å². The quantitative estimate of drug-likeness (QED) is 0.651. The fraction of sp³-hybridized carbons (Fsp3) is 0.391. The number of aryl methyl sites for hydroxylation is 2. The standard InChI is InChI=1S/C23H31N3O4/c1-16-7-9-19(10-8-16)24-22(27)14-25(3)15-23(28)26(4)13-18-12-21(30-6)20(29-5)11-17(18)2/h7-12H,13-15H2,1-6H3,(H,24,27)/p+1. The SMILES string of the molecule is COc1cc(C)c(CN(C)C(=O)C[NH+](C)CC(=O)Nc2ccc(C)cc2)cc1OC. The molecule has 2 rings (SSSR count). The van der Waals surface area contributed by atoms with Crippen LogP contribution in [0.15, 0.2) is 36.4 Å². The van der Waals surface area contributed by atoms with Gasteiger partial charge in [0.05, 0.1) is 21.3 Å². The molecule has 0 radical (unpaired) electrons. The van der Waals surface area contributed by atoms with Crippen LogP contribution in [0, 0.1) is 13.8 Å². The number of hydrogen-bond acceptors (Lipinski definition) is 4. The van der Waals surface area contributed by atoms with Gasteiger partial charge < -0.3 is 24.6 Å². The highest BCUT2D eigenvalue weighted by Crippen LogP contribution is 2.30. The summed E-state index contributed by atoms with van der Waals surface area (Å²) < 4.78 is 10.7. The van der Waals surface area contributed by atoms with E-state index >= 15 is 0 Å². The summed E-state index contributed by atoms with van der Waals surface area (Å²) in [5.74, 6) is 1.14. The predicted octanol–water partition coefficient (Wildman–Crippen LogP) is 1.43. The van der Waals surface area contributed by atoms with Gasteiger partial charge in [-0.1, -0.05) is 17.7 Å². The molecular weight excluding hydrogens is 382 g/mol. The third-order valence-electron chi connectivity index (χ3n) is 4.93. The molecule has 7 heteroatoms. The van der Waals surface area contributed by atoms with E-state index in [0.29, 0.717) is 18.0 Å². The summed E-state index contributed by atoms with van der Waals surface area (Å²) in [4.78, 5) is 27.4. The number of rotatable bonds is 9. The molecule has 0 heterocycles. The highest BCUT2D eigenvalue weighted by atomic mass is 16.5. The van der Waals surface area contributed by atoms with E-state index < -0.39 is 0 Å². The maximum absolute atomic E-state index is 12.6. The number of anilines is 1. The van der Waals surface area contributed by atoms with Crippen molar-refractivity contribution in [2.24, 2.45) is 0 Å². The minimum Gasteiger partial charge on any atom is -0.493 e. The molecule has 0 aromatic heterocycles. The van der Waals surface area contributed by atoms with Gasteiger partial charge in [-0.15, -0.1) is 0 Å². The minimum atomic E-state index is -0.123. The number of likely N-dealkylation sites (N-methyl/N-ethyl adjacent to an activating group) is 2. The second-order valence-electron chi connectivity index (χ2n) is 7.61. The van der Waals surface area contributed by atoms with Gasteiger partial charge in [-0.3, -0.25) is 9.59 Å². The minimum absolute atomic E-state index is 0.0372. The van der Waals surface area contributed by atoms with Crippen molar-refractivity contribution < 1.29 is 24.0 Å². The lowest BCUT2D eigenvalue weighted by Gasteiger charge is -2.21. The molecule has 30 heavy (non-hydrogen) atoms. The first kappa shape index (κ1) is 23.2. The summed E-state index contributed by atoms with van der Waals surface area (Å²) in [5, 5.41) is 2.86. The smallest absolute Gasteiger partial charge is 0.279 e. The Hall–Kier alpha value is -3.06. The Balaban J connectivity index is 1.90. The molecular formula is C23H32N3O4+. The Morgan fingerprint density at radius 2 is 1.60 bits per heavy atom. The van der Waals surface area contributed by atoms with Crippen LogP contribution in [-0.4, -0.2) is 58.1 Å². The van der Waals surface area contributed by atoms with Crippen LogP contribution in [0.4, 0.5) is 5.69 Å². The van der Waals surface area contributed by atoms with Crippen LogP contribution in [0.1, 0.15) is 16.7 Å². The number of ether oxygens (including phenoxy) is 2. The van der Waals surface area contributed by atoms with Crippen molar-refractivity contribution in [3.05, 3.63) is 53.1 Å². The van der Waals surface area contributed by atoms with Gasteiger partial charge in [0.15, 0.2) is 24.6 Å². The number of nitrogens with zero attached hydrogens (tertiary/aromatic N) is 1. The normalized spacial score (nSPS) is 11.5. The maximum atomic E-state index is 12.6. The number of amides is 2. The van der Waals surface area contributed by atoms with E-state index in [1.54, 1.807) is 26.2 Å². The zero-order chi connectivity index (χ0) is 22.3. The van der Waals surface area contributed by atoms with Crippen LogP contribution < -0.4 is 19.7 Å². The highest BCUT2D eigenvalue weighted by Gasteiger charge is 2.19. The molecule has 1 atom stereocenters. The van der Waals surface area contributed by atoms with E-state index in [-0.39, 0.29) is 24.9 Å². The summed E-state index contributed by atoms with van der Waals surface area (Å²) in [7, 11) is 6.78. The molecule has 0 spiro atoms. The van der Waals surface area contributed by atoms with Crippen LogP contribution >= 0.6 is 0 Å². The van der Waals surface area contributed by atoms with E-state index in [0.717, 1.165) is 27.3 Å². The average Bonchev–Trinajstić information content (AvgIpc) is 2.70. The van der Waals surface area contributed by atoms with Gasteiger partial charge in [0.25, 0.3) is 11.8 Å². The van der Waals surface area contributed by atoms with Crippen molar-refractivity contribution in [2.45, 2.75) is 20.4 Å². The Bertz CT molecular complexity index is 881. The summed E-state index contributed by atoms with van der Waals surface area (Å²) in [5.41, 5.74) is 3.89. The lowest BCUT2D eigenvalue weighted by molar-refractivity contribution is -0.862. The molecule has 1 unspecified atom stereocenters. The molecule has 0 saturated carbocycles. The summed E-state index contributed by atoms with van der Waals surface area (Å²) in [6.07, 6.45) is 0. The predicted molar refractivity (Wildman–Crippen MR) is 117 cm³/mol. The Kier molecular flexibility index (Phi) is 8.24. The van der Waals surface area contributed by atoms with Gasteiger partial charge in [0, 0.05) is 19.3 Å². The third-order valence-corrected chi connectivity index (χ3v) is 4.93. The number of methoxy groups -OCH3 is 2. The molecule has 0 aliphatic heterocycles. The first-order valence-electron chi connectivity index (χ1n) is 9.86. The highest BCUT2D eigenvalue weighted by molar-refractivity contribution is 5.91. The molecule has 2 aromatic rings. The second kappa shape index (κ2) is 10.6. The molecule has 0 fully saturated rings. The monoisotopic (exact) mass is 414 g/mol. The molecule has 2 amide bonds. The average molecular weight is 415 g/mol. The molecule has 2 N–H and O–H groups in total. The van der Waals surface area contributed by atoms with E-state index in [1.165, 1.54) is 0 Å². The molecule has 0 saturated heterocycles.